The van der Waals surface area contributed by atoms with Crippen LogP contribution < -0.4 is 10.2 Å². The van der Waals surface area contributed by atoms with Crippen molar-refractivity contribution in [2.24, 2.45) is 0 Å². The average molecular weight is 404 g/mol. The van der Waals surface area contributed by atoms with Gasteiger partial charge < -0.3 is 5.32 Å². The summed E-state index contributed by atoms with van der Waals surface area (Å²) >= 11 is 0. The zero-order chi connectivity index (χ0) is 21.4. The van der Waals surface area contributed by atoms with E-state index in [4.69, 9.17) is 0 Å². The van der Waals surface area contributed by atoms with Gasteiger partial charge in [-0.1, -0.05) is 84.4 Å². The van der Waals surface area contributed by atoms with Crippen LogP contribution in [-0.2, 0) is 9.59 Å². The molecular formula is C27H20N2O2. The zero-order valence-electron chi connectivity index (χ0n) is 17.0. The van der Waals surface area contributed by atoms with Gasteiger partial charge in [-0.3, -0.25) is 9.59 Å². The van der Waals surface area contributed by atoms with Crippen molar-refractivity contribution in [3.63, 3.8) is 0 Å². The van der Waals surface area contributed by atoms with Gasteiger partial charge in [0, 0.05) is 11.1 Å². The lowest BCUT2D eigenvalue weighted by atomic mass is 10.0. The van der Waals surface area contributed by atoms with Crippen LogP contribution in [0.25, 0.3) is 16.3 Å². The molecule has 0 unspecified atom stereocenters. The van der Waals surface area contributed by atoms with Gasteiger partial charge in [0.1, 0.15) is 5.70 Å². The molecule has 4 nitrogen and oxygen atoms in total. The van der Waals surface area contributed by atoms with E-state index in [0.29, 0.717) is 16.8 Å². The summed E-state index contributed by atoms with van der Waals surface area (Å²) < 4.78 is 0. The summed E-state index contributed by atoms with van der Waals surface area (Å²) in [6.45, 7) is 1.97. The number of imide groups is 1. The van der Waals surface area contributed by atoms with Crippen molar-refractivity contribution in [1.82, 2.24) is 0 Å². The molecule has 0 atom stereocenters. The molecule has 4 aromatic rings. The molecule has 0 aromatic heterocycles. The summed E-state index contributed by atoms with van der Waals surface area (Å²) in [6.07, 6.45) is 0. The molecule has 1 N–H and O–H groups in total. The molecule has 1 heterocycles. The fraction of sp³-hybridized carbons (Fsp3) is 0.0370. The van der Waals surface area contributed by atoms with E-state index in [1.807, 2.05) is 91.9 Å². The Labute approximate surface area is 180 Å². The van der Waals surface area contributed by atoms with Crippen LogP contribution in [0.2, 0.25) is 0 Å². The van der Waals surface area contributed by atoms with E-state index in [-0.39, 0.29) is 17.5 Å². The van der Waals surface area contributed by atoms with E-state index in [1.54, 1.807) is 12.1 Å². The Bertz CT molecular complexity index is 1330. The molecule has 0 fully saturated rings. The van der Waals surface area contributed by atoms with Crippen LogP contribution in [0.1, 0.15) is 11.1 Å². The molecule has 2 amide bonds. The molecule has 1 aliphatic heterocycles. The number of anilines is 2. The Morgan fingerprint density at radius 1 is 0.677 bits per heavy atom. The molecular weight excluding hydrogens is 384 g/mol. The number of nitrogens with zero attached hydrogens (tertiary/aromatic N) is 1. The lowest BCUT2D eigenvalue weighted by Gasteiger charge is -2.16. The highest BCUT2D eigenvalue weighted by molar-refractivity contribution is 6.46. The Morgan fingerprint density at radius 3 is 2.13 bits per heavy atom. The molecule has 5 rings (SSSR count). The predicted octanol–water partition coefficient (Wildman–Crippen LogP) is 5.54. The number of amides is 2. The second kappa shape index (κ2) is 7.58. The number of hydrogen-bond acceptors (Lipinski definition) is 3. The largest absolute Gasteiger partial charge is 0.350 e. The van der Waals surface area contributed by atoms with Crippen LogP contribution in [0.4, 0.5) is 11.4 Å². The van der Waals surface area contributed by atoms with Crippen molar-refractivity contribution in [2.75, 3.05) is 10.2 Å². The van der Waals surface area contributed by atoms with Gasteiger partial charge in [0.05, 0.1) is 11.3 Å². The summed E-state index contributed by atoms with van der Waals surface area (Å²) in [5.41, 5.74) is 3.77. The van der Waals surface area contributed by atoms with Gasteiger partial charge in [0.2, 0.25) is 0 Å². The smallest absolute Gasteiger partial charge is 0.282 e. The molecule has 0 radical (unpaired) electrons. The quantitative estimate of drug-likeness (QED) is 0.454. The van der Waals surface area contributed by atoms with Crippen molar-refractivity contribution in [1.29, 1.82) is 0 Å². The van der Waals surface area contributed by atoms with Crippen LogP contribution in [0, 0.1) is 6.92 Å². The van der Waals surface area contributed by atoms with Crippen LogP contribution in [0.3, 0.4) is 0 Å². The van der Waals surface area contributed by atoms with Gasteiger partial charge in [-0.15, -0.1) is 0 Å². The van der Waals surface area contributed by atoms with Gasteiger partial charge >= 0.3 is 0 Å². The maximum atomic E-state index is 13.5. The minimum Gasteiger partial charge on any atom is -0.350 e. The van der Waals surface area contributed by atoms with Crippen molar-refractivity contribution >= 4 is 39.5 Å². The van der Waals surface area contributed by atoms with Crippen LogP contribution in [0.15, 0.2) is 103 Å². The molecule has 0 bridgehead atoms. The van der Waals surface area contributed by atoms with Gasteiger partial charge in [-0.05, 0) is 36.1 Å². The zero-order valence-corrected chi connectivity index (χ0v) is 17.0. The third-order valence-electron chi connectivity index (χ3n) is 5.49. The van der Waals surface area contributed by atoms with Crippen molar-refractivity contribution in [2.45, 2.75) is 6.92 Å². The number of rotatable bonds is 4. The minimum atomic E-state index is -0.361. The van der Waals surface area contributed by atoms with E-state index in [1.165, 1.54) is 4.90 Å². The van der Waals surface area contributed by atoms with Gasteiger partial charge in [-0.2, -0.15) is 0 Å². The van der Waals surface area contributed by atoms with Crippen LogP contribution >= 0.6 is 0 Å². The maximum absolute atomic E-state index is 13.5. The second-order valence-electron chi connectivity index (χ2n) is 7.55. The molecule has 1 aliphatic rings. The number of carbonyl (C=O) groups is 2. The first-order valence-electron chi connectivity index (χ1n) is 10.1. The number of nitrogens with one attached hydrogen (secondary N) is 1. The normalized spacial score (nSPS) is 13.9. The van der Waals surface area contributed by atoms with Crippen LogP contribution in [-0.4, -0.2) is 11.8 Å². The van der Waals surface area contributed by atoms with E-state index in [0.717, 1.165) is 22.0 Å². The van der Waals surface area contributed by atoms with Crippen molar-refractivity contribution < 1.29 is 9.59 Å². The second-order valence-corrected chi connectivity index (χ2v) is 7.55. The van der Waals surface area contributed by atoms with E-state index in [2.05, 4.69) is 5.32 Å². The number of fused-ring (bicyclic) bond motifs is 1. The number of hydrogen-bond donors (Lipinski definition) is 1. The first kappa shape index (κ1) is 18.8. The predicted molar refractivity (Wildman–Crippen MR) is 125 cm³/mol. The SMILES string of the molecule is Cc1ccc(N2C(=O)C(Nc3cccc4ccccc34)=C(c3ccccc3)C2=O)cc1. The monoisotopic (exact) mass is 404 g/mol. The standard InChI is InChI=1S/C27H20N2O2/c1-18-14-16-21(17-15-18)29-26(30)24(20-9-3-2-4-10-20)25(27(29)31)28-23-13-7-11-19-8-5-6-12-22(19)23/h2-17,28H,1H3. The minimum absolute atomic E-state index is 0.285. The van der Waals surface area contributed by atoms with Gasteiger partial charge in [-0.25, -0.2) is 4.90 Å². The first-order valence-corrected chi connectivity index (χ1v) is 10.1. The van der Waals surface area contributed by atoms with Crippen molar-refractivity contribution in [3.05, 3.63) is 114 Å². The van der Waals surface area contributed by atoms with E-state index in [9.17, 15) is 9.59 Å². The summed E-state index contributed by atoms with van der Waals surface area (Å²) in [7, 11) is 0. The molecule has 31 heavy (non-hydrogen) atoms. The number of aryl methyl sites for hydroxylation is 1. The molecule has 4 aromatic carbocycles. The molecule has 150 valence electrons. The Balaban J connectivity index is 1.65. The third-order valence-corrected chi connectivity index (χ3v) is 5.49. The van der Waals surface area contributed by atoms with Crippen molar-refractivity contribution in [3.8, 4) is 0 Å². The highest BCUT2D eigenvalue weighted by Crippen LogP contribution is 2.35. The van der Waals surface area contributed by atoms with Gasteiger partial charge in [0.25, 0.3) is 11.8 Å². The van der Waals surface area contributed by atoms with Gasteiger partial charge in [0.15, 0.2) is 0 Å². The van der Waals surface area contributed by atoms with Crippen LogP contribution in [0.5, 0.6) is 0 Å². The topological polar surface area (TPSA) is 49.4 Å². The molecule has 0 saturated carbocycles. The highest BCUT2D eigenvalue weighted by atomic mass is 16.2. The summed E-state index contributed by atoms with van der Waals surface area (Å²) in [5.74, 6) is -0.691. The summed E-state index contributed by atoms with van der Waals surface area (Å²) in [4.78, 5) is 28.2. The summed E-state index contributed by atoms with van der Waals surface area (Å²) in [6, 6.07) is 30.6. The Hall–Kier alpha value is -4.18. The molecule has 0 aliphatic carbocycles. The first-order chi connectivity index (χ1) is 15.1. The number of benzene rings is 4. The highest BCUT2D eigenvalue weighted by Gasteiger charge is 2.40. The molecule has 0 saturated heterocycles. The number of carbonyl (C=O) groups excluding carboxylic acids is 2. The van der Waals surface area contributed by atoms with E-state index < -0.39 is 0 Å². The molecule has 4 heteroatoms. The summed E-state index contributed by atoms with van der Waals surface area (Å²) in [5, 5.41) is 5.33. The fourth-order valence-corrected chi connectivity index (χ4v) is 3.92. The average Bonchev–Trinajstić information content (AvgIpc) is 3.04. The fourth-order valence-electron chi connectivity index (χ4n) is 3.92. The lowest BCUT2D eigenvalue weighted by molar-refractivity contribution is -0.120. The lowest BCUT2D eigenvalue weighted by Crippen LogP contribution is -2.32. The Morgan fingerprint density at radius 2 is 1.35 bits per heavy atom. The maximum Gasteiger partial charge on any atom is 0.282 e. The van der Waals surface area contributed by atoms with E-state index >= 15 is 0 Å². The third kappa shape index (κ3) is 3.28. The Kier molecular flexibility index (Phi) is 4.60. The molecule has 0 spiro atoms.